The van der Waals surface area contributed by atoms with E-state index in [2.05, 4.69) is 4.98 Å². The Bertz CT molecular complexity index is 1040. The summed E-state index contributed by atoms with van der Waals surface area (Å²) < 4.78 is 7.45. The largest absolute Gasteiger partial charge is 0.478 e. The molecule has 1 aromatic carbocycles. The van der Waals surface area contributed by atoms with Crippen molar-refractivity contribution in [1.29, 1.82) is 0 Å². The molecular weight excluding hydrogens is 402 g/mol. The molecule has 30 heavy (non-hydrogen) atoms. The van der Waals surface area contributed by atoms with Gasteiger partial charge >= 0.3 is 5.97 Å². The van der Waals surface area contributed by atoms with Gasteiger partial charge in [-0.15, -0.1) is 11.3 Å². The van der Waals surface area contributed by atoms with E-state index in [4.69, 9.17) is 10.5 Å². The fraction of sp³-hybridized carbons (Fsp3) is 0.227. The van der Waals surface area contributed by atoms with Gasteiger partial charge in [0.25, 0.3) is 6.01 Å². The van der Waals surface area contributed by atoms with E-state index in [-0.39, 0.29) is 11.4 Å². The van der Waals surface area contributed by atoms with Crippen molar-refractivity contribution in [2.45, 2.75) is 19.9 Å². The third-order valence-electron chi connectivity index (χ3n) is 4.36. The van der Waals surface area contributed by atoms with Crippen molar-refractivity contribution in [3.05, 3.63) is 75.2 Å². The van der Waals surface area contributed by atoms with Gasteiger partial charge in [0, 0.05) is 35.2 Å². The molecule has 0 spiro atoms. The number of hydrogen-bond donors (Lipinski definition) is 2. The number of Topliss-reactive ketones (excluding diaryl/α,β-unsaturated/α-hetero) is 1. The maximum Gasteiger partial charge on any atom is 0.332 e. The number of nitrogens with two attached hydrogens (primary N) is 1. The highest BCUT2D eigenvalue weighted by atomic mass is 32.1. The monoisotopic (exact) mass is 425 g/mol. The van der Waals surface area contributed by atoms with Gasteiger partial charge in [-0.25, -0.2) is 4.79 Å². The molecule has 7 nitrogen and oxygen atoms in total. The molecule has 0 bridgehead atoms. The number of carbonyl (C=O) groups is 2. The number of aromatic nitrogens is 2. The Morgan fingerprint density at radius 3 is 2.63 bits per heavy atom. The molecule has 0 fully saturated rings. The lowest BCUT2D eigenvalue weighted by molar-refractivity contribution is -0.132. The molecule has 156 valence electrons. The van der Waals surface area contributed by atoms with Gasteiger partial charge in [-0.2, -0.15) is 4.98 Å². The predicted molar refractivity (Wildman–Crippen MR) is 116 cm³/mol. The second-order valence-electron chi connectivity index (χ2n) is 6.70. The topological polar surface area (TPSA) is 107 Å². The van der Waals surface area contributed by atoms with Gasteiger partial charge in [0.1, 0.15) is 6.61 Å². The fourth-order valence-electron chi connectivity index (χ4n) is 2.88. The van der Waals surface area contributed by atoms with Crippen molar-refractivity contribution in [1.82, 2.24) is 9.55 Å². The molecular formula is C22H23N3O4S. The number of thiophene rings is 1. The predicted octanol–water partition coefficient (Wildman–Crippen LogP) is 3.24. The molecule has 0 unspecified atom stereocenters. The second kappa shape index (κ2) is 10.00. The van der Waals surface area contributed by atoms with Crippen molar-refractivity contribution in [2.24, 2.45) is 5.73 Å². The Morgan fingerprint density at radius 2 is 2.03 bits per heavy atom. The molecule has 2 heterocycles. The van der Waals surface area contributed by atoms with Crippen LogP contribution in [0.4, 0.5) is 0 Å². The van der Waals surface area contributed by atoms with E-state index in [9.17, 15) is 14.7 Å². The van der Waals surface area contributed by atoms with Gasteiger partial charge < -0.3 is 15.6 Å². The fourth-order valence-corrected chi connectivity index (χ4v) is 3.60. The maximum atomic E-state index is 11.7. The number of carboxylic acid groups (broad SMARTS) is 1. The molecule has 3 N–H and O–H groups in total. The number of ether oxygens (including phenoxy) is 1. The SMILES string of the molecule is CC(=O)c1ccc(Cn2cc(/C=C(/Cc3cccs3)C(=O)O)nc2OCCN)cc1. The number of ketones is 1. The van der Waals surface area contributed by atoms with Crippen LogP contribution in [-0.4, -0.2) is 39.6 Å². The number of hydrogen-bond acceptors (Lipinski definition) is 6. The minimum Gasteiger partial charge on any atom is -0.478 e. The van der Waals surface area contributed by atoms with Crippen molar-refractivity contribution in [3.63, 3.8) is 0 Å². The Morgan fingerprint density at radius 1 is 1.27 bits per heavy atom. The minimum absolute atomic E-state index is 0.00973. The maximum absolute atomic E-state index is 11.7. The van der Waals surface area contributed by atoms with E-state index in [1.54, 1.807) is 29.0 Å². The molecule has 0 radical (unpaired) electrons. The summed E-state index contributed by atoms with van der Waals surface area (Å²) in [6, 6.07) is 11.5. The molecule has 0 aliphatic carbocycles. The third kappa shape index (κ3) is 5.65. The van der Waals surface area contributed by atoms with Crippen LogP contribution in [0.1, 0.15) is 33.4 Å². The highest BCUT2D eigenvalue weighted by Gasteiger charge is 2.14. The lowest BCUT2D eigenvalue weighted by atomic mass is 10.1. The van der Waals surface area contributed by atoms with Gasteiger partial charge in [0.2, 0.25) is 0 Å². The van der Waals surface area contributed by atoms with E-state index in [0.29, 0.717) is 43.4 Å². The van der Waals surface area contributed by atoms with Gasteiger partial charge in [-0.3, -0.25) is 9.36 Å². The molecule has 0 saturated heterocycles. The quantitative estimate of drug-likeness (QED) is 0.381. The summed E-state index contributed by atoms with van der Waals surface area (Å²) in [7, 11) is 0. The van der Waals surface area contributed by atoms with Crippen LogP contribution in [0.15, 0.2) is 53.5 Å². The van der Waals surface area contributed by atoms with E-state index >= 15 is 0 Å². The average molecular weight is 426 g/mol. The summed E-state index contributed by atoms with van der Waals surface area (Å²) in [6.45, 7) is 2.62. The smallest absolute Gasteiger partial charge is 0.332 e. The number of carboxylic acids is 1. The summed E-state index contributed by atoms with van der Waals surface area (Å²) in [4.78, 5) is 28.6. The molecule has 0 aliphatic heterocycles. The Labute approximate surface area is 178 Å². The first-order chi connectivity index (χ1) is 14.5. The normalized spacial score (nSPS) is 11.5. The first-order valence-corrected chi connectivity index (χ1v) is 10.3. The number of benzene rings is 1. The zero-order valence-electron chi connectivity index (χ0n) is 16.6. The molecule has 0 amide bonds. The van der Waals surface area contributed by atoms with Gasteiger partial charge in [-0.1, -0.05) is 30.3 Å². The highest BCUT2D eigenvalue weighted by Crippen LogP contribution is 2.20. The third-order valence-corrected chi connectivity index (χ3v) is 5.24. The minimum atomic E-state index is -0.984. The van der Waals surface area contributed by atoms with E-state index in [1.165, 1.54) is 18.3 Å². The van der Waals surface area contributed by atoms with Crippen molar-refractivity contribution >= 4 is 29.2 Å². The summed E-state index contributed by atoms with van der Waals surface area (Å²) >= 11 is 1.51. The average Bonchev–Trinajstić information content (AvgIpc) is 3.36. The molecule has 0 atom stereocenters. The van der Waals surface area contributed by atoms with Crippen LogP contribution in [0, 0.1) is 0 Å². The molecule has 0 aliphatic rings. The summed E-state index contributed by atoms with van der Waals surface area (Å²) in [5.74, 6) is -0.974. The standard InChI is InChI=1S/C22H23N3O4S/c1-15(26)17-6-4-16(5-7-17)13-25-14-19(24-22(25)29-9-8-23)11-18(21(27)28)12-20-3-2-10-30-20/h2-7,10-11,14H,8-9,12-13,23H2,1H3,(H,27,28)/b18-11-. The number of rotatable bonds is 10. The second-order valence-corrected chi connectivity index (χ2v) is 7.73. The first kappa shape index (κ1) is 21.5. The summed E-state index contributed by atoms with van der Waals surface area (Å²) in [5, 5.41) is 11.5. The zero-order valence-corrected chi connectivity index (χ0v) is 17.4. The van der Waals surface area contributed by atoms with Crippen LogP contribution < -0.4 is 10.5 Å². The van der Waals surface area contributed by atoms with E-state index < -0.39 is 5.97 Å². The molecule has 3 aromatic rings. The van der Waals surface area contributed by atoms with Crippen LogP contribution >= 0.6 is 11.3 Å². The lowest BCUT2D eigenvalue weighted by Gasteiger charge is -2.08. The van der Waals surface area contributed by atoms with Crippen molar-refractivity contribution < 1.29 is 19.4 Å². The zero-order chi connectivity index (χ0) is 21.5. The summed E-state index contributed by atoms with van der Waals surface area (Å²) in [5.41, 5.74) is 7.90. The molecule has 2 aromatic heterocycles. The first-order valence-electron chi connectivity index (χ1n) is 9.42. The molecule has 0 saturated carbocycles. The van der Waals surface area contributed by atoms with E-state index in [1.807, 2.05) is 29.6 Å². The number of nitrogens with zero attached hydrogens (tertiary/aromatic N) is 2. The van der Waals surface area contributed by atoms with E-state index in [0.717, 1.165) is 10.4 Å². The van der Waals surface area contributed by atoms with Gasteiger partial charge in [-0.05, 0) is 30.0 Å². The number of aliphatic carboxylic acids is 1. The van der Waals surface area contributed by atoms with Crippen LogP contribution in [0.2, 0.25) is 0 Å². The Hall–Kier alpha value is -3.23. The Kier molecular flexibility index (Phi) is 7.16. The van der Waals surface area contributed by atoms with Gasteiger partial charge in [0.15, 0.2) is 5.78 Å². The summed E-state index contributed by atoms with van der Waals surface area (Å²) in [6.07, 6.45) is 3.64. The lowest BCUT2D eigenvalue weighted by Crippen LogP contribution is -2.13. The molecule has 8 heteroatoms. The Balaban J connectivity index is 1.87. The van der Waals surface area contributed by atoms with Crippen LogP contribution in [0.3, 0.4) is 0 Å². The van der Waals surface area contributed by atoms with Crippen molar-refractivity contribution in [3.8, 4) is 6.01 Å². The van der Waals surface area contributed by atoms with Crippen LogP contribution in [-0.2, 0) is 17.8 Å². The van der Waals surface area contributed by atoms with Crippen molar-refractivity contribution in [2.75, 3.05) is 13.2 Å². The van der Waals surface area contributed by atoms with Crippen LogP contribution in [0.5, 0.6) is 6.01 Å². The van der Waals surface area contributed by atoms with Crippen LogP contribution in [0.25, 0.3) is 6.08 Å². The highest BCUT2D eigenvalue weighted by molar-refractivity contribution is 7.09. The number of imidazole rings is 1. The molecule has 3 rings (SSSR count). The van der Waals surface area contributed by atoms with Gasteiger partial charge in [0.05, 0.1) is 12.2 Å². The number of carbonyl (C=O) groups excluding carboxylic acids is 1.